The van der Waals surface area contributed by atoms with E-state index in [9.17, 15) is 9.18 Å². The van der Waals surface area contributed by atoms with Crippen LogP contribution < -0.4 is 0 Å². The van der Waals surface area contributed by atoms with E-state index in [0.717, 1.165) is 48.8 Å². The molecular weight excluding hydrogens is 391 g/mol. The van der Waals surface area contributed by atoms with Crippen LogP contribution in [0.1, 0.15) is 56.3 Å². The molecule has 5 heteroatoms. The number of carbonyl (C=O) groups is 1. The smallest absolute Gasteiger partial charge is 0.225 e. The summed E-state index contributed by atoms with van der Waals surface area (Å²) in [5, 5.41) is 0. The number of hydrogen-bond acceptors (Lipinski definition) is 3. The third-order valence-corrected chi connectivity index (χ3v) is 6.24. The number of rotatable bonds is 8. The molecule has 2 unspecified atom stereocenters. The van der Waals surface area contributed by atoms with E-state index in [-0.39, 0.29) is 29.5 Å². The van der Waals surface area contributed by atoms with Crippen LogP contribution in [-0.4, -0.2) is 41.9 Å². The highest BCUT2D eigenvalue weighted by Gasteiger charge is 2.36. The zero-order chi connectivity index (χ0) is 22.7. The standard InChI is InChI=1S/C26H37FN2O2/c1-17(2)12-29(26(30)18(3)4)14-22-13-28(15-24-10-19(5)20(6)31-24)16-25(22)21-8-7-9-23(27)11-21/h7-11,17-18,22,25H,12-16H2,1-6H3. The molecular formula is C26H37FN2O2. The van der Waals surface area contributed by atoms with Gasteiger partial charge in [-0.25, -0.2) is 4.39 Å². The Labute approximate surface area is 186 Å². The number of benzene rings is 1. The van der Waals surface area contributed by atoms with Gasteiger partial charge in [-0.1, -0.05) is 39.8 Å². The van der Waals surface area contributed by atoms with Crippen LogP contribution in [0.5, 0.6) is 0 Å². The van der Waals surface area contributed by atoms with E-state index < -0.39 is 0 Å². The second-order valence-corrected chi connectivity index (χ2v) is 9.86. The predicted octanol–water partition coefficient (Wildman–Crippen LogP) is 5.39. The third-order valence-electron chi connectivity index (χ3n) is 6.24. The first-order valence-corrected chi connectivity index (χ1v) is 11.5. The number of furan rings is 1. The maximum atomic E-state index is 14.0. The second kappa shape index (κ2) is 9.99. The van der Waals surface area contributed by atoms with Crippen molar-refractivity contribution in [2.75, 3.05) is 26.2 Å². The lowest BCUT2D eigenvalue weighted by molar-refractivity contribution is -0.135. The molecule has 1 saturated heterocycles. The molecule has 1 aliphatic rings. The molecule has 0 radical (unpaired) electrons. The molecule has 1 amide bonds. The summed E-state index contributed by atoms with van der Waals surface area (Å²) in [4.78, 5) is 17.3. The van der Waals surface area contributed by atoms with Crippen LogP contribution in [0.15, 0.2) is 34.7 Å². The van der Waals surface area contributed by atoms with Gasteiger partial charge in [-0.05, 0) is 55.0 Å². The van der Waals surface area contributed by atoms with Crippen LogP contribution >= 0.6 is 0 Å². The van der Waals surface area contributed by atoms with Crippen LogP contribution in [0, 0.1) is 37.4 Å². The van der Waals surface area contributed by atoms with Crippen LogP contribution in [0.2, 0.25) is 0 Å². The quantitative estimate of drug-likeness (QED) is 0.565. The molecule has 0 aliphatic carbocycles. The van der Waals surface area contributed by atoms with Crippen molar-refractivity contribution in [3.8, 4) is 0 Å². The summed E-state index contributed by atoms with van der Waals surface area (Å²) < 4.78 is 19.9. The maximum absolute atomic E-state index is 14.0. The molecule has 1 fully saturated rings. The maximum Gasteiger partial charge on any atom is 0.225 e. The van der Waals surface area contributed by atoms with Crippen molar-refractivity contribution in [2.24, 2.45) is 17.8 Å². The number of hydrogen-bond donors (Lipinski definition) is 0. The lowest BCUT2D eigenvalue weighted by Gasteiger charge is -2.31. The van der Waals surface area contributed by atoms with Crippen molar-refractivity contribution in [3.05, 3.63) is 58.8 Å². The van der Waals surface area contributed by atoms with E-state index in [0.29, 0.717) is 12.5 Å². The number of halogens is 1. The van der Waals surface area contributed by atoms with Gasteiger partial charge in [-0.15, -0.1) is 0 Å². The topological polar surface area (TPSA) is 36.7 Å². The highest BCUT2D eigenvalue weighted by molar-refractivity contribution is 5.78. The summed E-state index contributed by atoms with van der Waals surface area (Å²) in [6.45, 7) is 16.1. The van der Waals surface area contributed by atoms with E-state index in [2.05, 4.69) is 31.7 Å². The lowest BCUT2D eigenvalue weighted by atomic mass is 9.88. The molecule has 31 heavy (non-hydrogen) atoms. The van der Waals surface area contributed by atoms with Gasteiger partial charge < -0.3 is 9.32 Å². The Bertz CT molecular complexity index is 870. The minimum atomic E-state index is -0.204. The average molecular weight is 429 g/mol. The largest absolute Gasteiger partial charge is 0.465 e. The van der Waals surface area contributed by atoms with E-state index in [1.54, 1.807) is 12.1 Å². The first-order chi connectivity index (χ1) is 14.6. The minimum absolute atomic E-state index is 0.0297. The molecule has 4 nitrogen and oxygen atoms in total. The summed E-state index contributed by atoms with van der Waals surface area (Å²) in [6, 6.07) is 9.05. The van der Waals surface area contributed by atoms with Crippen molar-refractivity contribution in [1.29, 1.82) is 0 Å². The Kier molecular flexibility index (Phi) is 7.58. The summed E-state index contributed by atoms with van der Waals surface area (Å²) in [5.41, 5.74) is 2.18. The Morgan fingerprint density at radius 2 is 1.94 bits per heavy atom. The third kappa shape index (κ3) is 5.97. The Morgan fingerprint density at radius 3 is 2.52 bits per heavy atom. The molecule has 0 spiro atoms. The Hall–Kier alpha value is -2.14. The van der Waals surface area contributed by atoms with E-state index in [4.69, 9.17) is 4.42 Å². The Balaban J connectivity index is 1.83. The normalized spacial score (nSPS) is 19.5. The molecule has 0 saturated carbocycles. The zero-order valence-corrected chi connectivity index (χ0v) is 19.8. The van der Waals surface area contributed by atoms with Gasteiger partial charge in [-0.3, -0.25) is 9.69 Å². The van der Waals surface area contributed by atoms with Crippen molar-refractivity contribution >= 4 is 5.91 Å². The number of likely N-dealkylation sites (tertiary alicyclic amines) is 1. The summed E-state index contributed by atoms with van der Waals surface area (Å²) in [7, 11) is 0. The predicted molar refractivity (Wildman–Crippen MR) is 122 cm³/mol. The van der Waals surface area contributed by atoms with E-state index >= 15 is 0 Å². The summed E-state index contributed by atoms with van der Waals surface area (Å²) in [6.07, 6.45) is 0. The van der Waals surface area contributed by atoms with Crippen LogP contribution in [-0.2, 0) is 11.3 Å². The van der Waals surface area contributed by atoms with Crippen LogP contribution in [0.4, 0.5) is 4.39 Å². The molecule has 2 aromatic rings. The molecule has 2 heterocycles. The molecule has 1 aliphatic heterocycles. The average Bonchev–Trinajstić information content (AvgIpc) is 3.22. The van der Waals surface area contributed by atoms with Gasteiger partial charge in [0.25, 0.3) is 0 Å². The number of nitrogens with zero attached hydrogens (tertiary/aromatic N) is 2. The first-order valence-electron chi connectivity index (χ1n) is 11.5. The highest BCUT2D eigenvalue weighted by Crippen LogP contribution is 2.35. The van der Waals surface area contributed by atoms with Gasteiger partial charge in [0, 0.05) is 38.0 Å². The first kappa shape index (κ1) is 23.5. The molecule has 2 atom stereocenters. The van der Waals surface area contributed by atoms with Crippen molar-refractivity contribution in [2.45, 2.75) is 54.0 Å². The van der Waals surface area contributed by atoms with E-state index in [1.165, 1.54) is 6.07 Å². The van der Waals surface area contributed by atoms with Crippen molar-refractivity contribution in [3.63, 3.8) is 0 Å². The molecule has 0 bridgehead atoms. The lowest BCUT2D eigenvalue weighted by Crippen LogP contribution is -2.41. The molecule has 1 aromatic heterocycles. The van der Waals surface area contributed by atoms with Gasteiger partial charge in [0.05, 0.1) is 6.54 Å². The van der Waals surface area contributed by atoms with Crippen molar-refractivity contribution in [1.82, 2.24) is 9.80 Å². The molecule has 0 N–H and O–H groups in total. The van der Waals surface area contributed by atoms with Crippen LogP contribution in [0.25, 0.3) is 0 Å². The van der Waals surface area contributed by atoms with Crippen LogP contribution in [0.3, 0.4) is 0 Å². The number of carbonyl (C=O) groups excluding carboxylic acids is 1. The fourth-order valence-electron chi connectivity index (χ4n) is 4.68. The van der Waals surface area contributed by atoms with Gasteiger partial charge in [0.15, 0.2) is 0 Å². The second-order valence-electron chi connectivity index (χ2n) is 9.86. The fraction of sp³-hybridized carbons (Fsp3) is 0.577. The zero-order valence-electron chi connectivity index (χ0n) is 19.8. The molecule has 170 valence electrons. The molecule has 1 aromatic carbocycles. The van der Waals surface area contributed by atoms with Gasteiger partial charge >= 0.3 is 0 Å². The highest BCUT2D eigenvalue weighted by atomic mass is 19.1. The summed E-state index contributed by atoms with van der Waals surface area (Å²) in [5.74, 6) is 2.72. The van der Waals surface area contributed by atoms with Gasteiger partial charge in [0.2, 0.25) is 5.91 Å². The monoisotopic (exact) mass is 428 g/mol. The minimum Gasteiger partial charge on any atom is -0.465 e. The van der Waals surface area contributed by atoms with Crippen molar-refractivity contribution < 1.29 is 13.6 Å². The molecule has 3 rings (SSSR count). The SMILES string of the molecule is Cc1cc(CN2CC(CN(CC(C)C)C(=O)C(C)C)C(c3cccc(F)c3)C2)oc1C. The van der Waals surface area contributed by atoms with Gasteiger partial charge in [0.1, 0.15) is 17.3 Å². The van der Waals surface area contributed by atoms with E-state index in [1.807, 2.05) is 31.7 Å². The Morgan fingerprint density at radius 1 is 1.19 bits per heavy atom. The number of amides is 1. The van der Waals surface area contributed by atoms with Gasteiger partial charge in [-0.2, -0.15) is 0 Å². The fourth-order valence-corrected chi connectivity index (χ4v) is 4.68. The summed E-state index contributed by atoms with van der Waals surface area (Å²) >= 11 is 0. The number of aryl methyl sites for hydroxylation is 2.